The molecule has 0 atom stereocenters. The molecule has 0 aromatic carbocycles. The Balaban J connectivity index is 3.24. The van der Waals surface area contributed by atoms with E-state index in [1.807, 2.05) is 0 Å². The quantitative estimate of drug-likeness (QED) is 0.398. The molecule has 1 fully saturated rings. The Morgan fingerprint density at radius 3 is 2.20 bits per heavy atom. The maximum Gasteiger partial charge on any atom is 0.0446 e. The number of hydrogen-bond donors (Lipinski definition) is 0. The molecule has 0 amide bonds. The van der Waals surface area contributed by atoms with Gasteiger partial charge in [0.05, 0.1) is 0 Å². The summed E-state index contributed by atoms with van der Waals surface area (Å²) in [6, 6.07) is 0. The van der Waals surface area contributed by atoms with Gasteiger partial charge in [0.2, 0.25) is 0 Å². The molecule has 1 heterocycles. The molecule has 29 valence electrons. The third kappa shape index (κ3) is 0.618. The molecule has 1 nitrogen and oxygen atoms in total. The summed E-state index contributed by atoms with van der Waals surface area (Å²) in [6.45, 7) is -5.67. The van der Waals surface area contributed by atoms with Crippen molar-refractivity contribution in [2.45, 2.75) is 12.7 Å². The van der Waals surface area contributed by atoms with E-state index in [1.165, 1.54) is 0 Å². The molecule has 1 heteroatoms. The van der Waals surface area contributed by atoms with Gasteiger partial charge in [-0.25, -0.2) is 5.32 Å². The monoisotopic (exact) mass is 78.1 g/mol. The first-order chi connectivity index (χ1) is 5.46. The third-order valence-electron chi connectivity index (χ3n) is 0.286. The Hall–Kier alpha value is -0.0400. The predicted octanol–water partition coefficient (Wildman–Crippen LogP) is 0.385. The summed E-state index contributed by atoms with van der Waals surface area (Å²) in [4.78, 5) is 0. The fourth-order valence-electron chi connectivity index (χ4n) is 0.140. The molecule has 1 rings (SSSR count). The van der Waals surface area contributed by atoms with Gasteiger partial charge in [0.1, 0.15) is 0 Å². The summed E-state index contributed by atoms with van der Waals surface area (Å²) in [6.07, 6.45) is -5.91. The van der Waals surface area contributed by atoms with Crippen molar-refractivity contribution in [3.63, 3.8) is 0 Å². The highest BCUT2D eigenvalue weighted by Gasteiger charge is 1.95. The second-order valence-corrected chi connectivity index (χ2v) is 0.585. The van der Waals surface area contributed by atoms with Crippen LogP contribution in [0.2, 0.25) is 0 Å². The van der Waals surface area contributed by atoms with Crippen molar-refractivity contribution >= 4 is 0 Å². The lowest BCUT2D eigenvalue weighted by Crippen LogP contribution is -1.92. The van der Waals surface area contributed by atoms with Gasteiger partial charge in [-0.1, -0.05) is 0 Å². The third-order valence-corrected chi connectivity index (χ3v) is 0.286. The van der Waals surface area contributed by atoms with Crippen LogP contribution in [0.3, 0.4) is 0 Å². The summed E-state index contributed by atoms with van der Waals surface area (Å²) >= 11 is 0. The van der Waals surface area contributed by atoms with Crippen LogP contribution in [0.5, 0.6) is 0 Å². The molecule has 1 aliphatic heterocycles. The van der Waals surface area contributed by atoms with E-state index in [0.29, 0.717) is 0 Å². The number of nitrogens with zero attached hydrogens (tertiary/aromatic N) is 1. The van der Waals surface area contributed by atoms with Crippen molar-refractivity contribution in [1.82, 2.24) is 5.32 Å². The highest BCUT2D eigenvalue weighted by Crippen LogP contribution is 1.92. The second-order valence-electron chi connectivity index (χ2n) is 0.585. The Bertz CT molecular complexity index is 208. The highest BCUT2D eigenvalue weighted by atomic mass is 14.9. The predicted molar refractivity (Wildman–Crippen MR) is 21.1 cm³/mol. The van der Waals surface area contributed by atoms with Crippen molar-refractivity contribution in [1.29, 1.82) is 0 Å². The SMILES string of the molecule is [2H]C1([2H])[N]C([2H])([2H])C([2H])([2H])C1([2H])[2H]. The average molecular weight is 78.2 g/mol. The van der Waals surface area contributed by atoms with Crippen LogP contribution in [0.15, 0.2) is 0 Å². The Morgan fingerprint density at radius 2 is 2.00 bits per heavy atom. The van der Waals surface area contributed by atoms with Gasteiger partial charge in [0.15, 0.2) is 0 Å². The van der Waals surface area contributed by atoms with Crippen LogP contribution in [0, 0.1) is 0 Å². The van der Waals surface area contributed by atoms with Crippen LogP contribution in [0.25, 0.3) is 0 Å². The Labute approximate surface area is 43.6 Å². The van der Waals surface area contributed by atoms with Crippen molar-refractivity contribution in [2.75, 3.05) is 13.0 Å². The summed E-state index contributed by atoms with van der Waals surface area (Å²) < 4.78 is 56.7. The smallest absolute Gasteiger partial charge is 0.0446 e. The fraction of sp³-hybridized carbons (Fsp3) is 1.00. The van der Waals surface area contributed by atoms with Gasteiger partial charge in [0.25, 0.3) is 0 Å². The highest BCUT2D eigenvalue weighted by molar-refractivity contribution is 4.55. The number of rotatable bonds is 0. The van der Waals surface area contributed by atoms with E-state index in [2.05, 4.69) is 5.32 Å². The zero-order valence-corrected chi connectivity index (χ0v) is 2.45. The molecule has 1 aliphatic rings. The van der Waals surface area contributed by atoms with Crippen LogP contribution in [0.1, 0.15) is 23.7 Å². The van der Waals surface area contributed by atoms with E-state index in [4.69, 9.17) is 11.0 Å². The van der Waals surface area contributed by atoms with Crippen LogP contribution in [-0.2, 0) is 0 Å². The minimum absolute atomic E-state index is 2.83. The van der Waals surface area contributed by atoms with E-state index < -0.39 is 25.7 Å². The van der Waals surface area contributed by atoms with Crippen LogP contribution in [-0.4, -0.2) is 13.0 Å². The van der Waals surface area contributed by atoms with E-state index in [9.17, 15) is 0 Å². The lowest BCUT2D eigenvalue weighted by atomic mass is 10.4. The van der Waals surface area contributed by atoms with E-state index in [1.54, 1.807) is 0 Å². The molecule has 0 spiro atoms. The fourth-order valence-corrected chi connectivity index (χ4v) is 0.140. The molecule has 0 aliphatic carbocycles. The number of hydrogen-bond acceptors (Lipinski definition) is 0. The normalized spacial score (nSPS) is 88.0. The average Bonchev–Trinajstić information content (AvgIpc) is 1.88. The summed E-state index contributed by atoms with van der Waals surface area (Å²) in [5.41, 5.74) is 0. The van der Waals surface area contributed by atoms with Gasteiger partial charge in [-0.05, 0) is 12.7 Å². The van der Waals surface area contributed by atoms with Crippen LogP contribution >= 0.6 is 0 Å². The van der Waals surface area contributed by atoms with Crippen molar-refractivity contribution in [2.24, 2.45) is 0 Å². The minimum Gasteiger partial charge on any atom is -0.242 e. The molecular formula is C4H8N. The maximum atomic E-state index is 7.13. The van der Waals surface area contributed by atoms with Crippen LogP contribution in [0.4, 0.5) is 0 Å². The van der Waals surface area contributed by atoms with Crippen molar-refractivity contribution in [3.8, 4) is 0 Å². The molecule has 1 radical (unpaired) electrons. The van der Waals surface area contributed by atoms with Gasteiger partial charge in [-0.15, -0.1) is 0 Å². The molecule has 1 saturated heterocycles. The topological polar surface area (TPSA) is 14.1 Å². The molecule has 0 aromatic heterocycles. The van der Waals surface area contributed by atoms with E-state index in [-0.39, 0.29) is 0 Å². The molecule has 0 saturated carbocycles. The lowest BCUT2D eigenvalue weighted by molar-refractivity contribution is 0.837. The first kappa shape index (κ1) is 0.463. The van der Waals surface area contributed by atoms with Gasteiger partial charge >= 0.3 is 0 Å². The molecule has 0 aromatic rings. The summed E-state index contributed by atoms with van der Waals surface area (Å²) in [5, 5.41) is 2.88. The first-order valence-electron chi connectivity index (χ1n) is 5.20. The summed E-state index contributed by atoms with van der Waals surface area (Å²) in [7, 11) is 0. The molecule has 0 N–H and O–H groups in total. The van der Waals surface area contributed by atoms with E-state index >= 15 is 0 Å². The summed E-state index contributed by atoms with van der Waals surface area (Å²) in [5.74, 6) is 0. The Kier molecular flexibility index (Phi) is 0.131. The second kappa shape index (κ2) is 1.41. The lowest BCUT2D eigenvalue weighted by Gasteiger charge is -1.72. The largest absolute Gasteiger partial charge is 0.242 e. The van der Waals surface area contributed by atoms with Gasteiger partial charge < -0.3 is 0 Å². The van der Waals surface area contributed by atoms with Crippen molar-refractivity contribution in [3.05, 3.63) is 0 Å². The van der Waals surface area contributed by atoms with Crippen LogP contribution < -0.4 is 5.32 Å². The van der Waals surface area contributed by atoms with E-state index in [0.717, 1.165) is 0 Å². The zero-order valence-electron chi connectivity index (χ0n) is 10.4. The molecule has 0 unspecified atom stereocenters. The Morgan fingerprint density at radius 1 is 1.40 bits per heavy atom. The molecule has 5 heavy (non-hydrogen) atoms. The van der Waals surface area contributed by atoms with Gasteiger partial charge in [0, 0.05) is 24.0 Å². The molecule has 0 bridgehead atoms. The van der Waals surface area contributed by atoms with Gasteiger partial charge in [-0.3, -0.25) is 0 Å². The standard InChI is InChI=1S/C4H8N/c1-2-4-5-3-1/h1-4H2/i1D2,2D2,3D2,4D2. The maximum absolute atomic E-state index is 7.13. The zero-order chi connectivity index (χ0) is 10.7. The molecular weight excluding hydrogens is 62.1 g/mol. The van der Waals surface area contributed by atoms with Gasteiger partial charge in [-0.2, -0.15) is 0 Å². The first-order valence-corrected chi connectivity index (χ1v) is 1.20. The van der Waals surface area contributed by atoms with Crippen molar-refractivity contribution < 1.29 is 11.0 Å². The minimum atomic E-state index is -2.95.